The van der Waals surface area contributed by atoms with Crippen LogP contribution in [0.15, 0.2) is 18.2 Å². The van der Waals surface area contributed by atoms with Crippen molar-refractivity contribution in [1.82, 2.24) is 10.6 Å². The number of hydrogen-bond donors (Lipinski definition) is 2. The van der Waals surface area contributed by atoms with Crippen LogP contribution >= 0.6 is 0 Å². The lowest BCUT2D eigenvalue weighted by Gasteiger charge is -2.23. The number of rotatable bonds is 6. The number of ether oxygens (including phenoxy) is 2. The zero-order valence-corrected chi connectivity index (χ0v) is 13.6. The molecule has 1 aliphatic heterocycles. The van der Waals surface area contributed by atoms with E-state index in [1.807, 2.05) is 32.0 Å². The molecule has 0 bridgehead atoms. The van der Waals surface area contributed by atoms with Crippen molar-refractivity contribution in [3.63, 3.8) is 0 Å². The van der Waals surface area contributed by atoms with Gasteiger partial charge in [-0.15, -0.1) is 0 Å². The van der Waals surface area contributed by atoms with E-state index in [2.05, 4.69) is 17.6 Å². The van der Waals surface area contributed by atoms with Crippen LogP contribution in [-0.4, -0.2) is 37.8 Å². The Hall–Kier alpha value is -1.59. The van der Waals surface area contributed by atoms with E-state index in [-0.39, 0.29) is 18.1 Å². The first-order chi connectivity index (χ1) is 10.6. The molecule has 2 unspecified atom stereocenters. The lowest BCUT2D eigenvalue weighted by molar-refractivity contribution is -0.126. The standard InChI is InChI=1S/C17H26N2O3/c1-4-13(3)22-16-9-12(2)5-6-14(16)10-19-17(20)15-11-21-8-7-18-15/h5-6,9,13,15,18H,4,7-8,10-11H2,1-3H3,(H,19,20). The van der Waals surface area contributed by atoms with Gasteiger partial charge in [0, 0.05) is 18.7 Å². The number of benzene rings is 1. The number of aryl methyl sites for hydroxylation is 1. The number of hydrogen-bond acceptors (Lipinski definition) is 4. The predicted octanol–water partition coefficient (Wildman–Crippen LogP) is 1.78. The Morgan fingerprint density at radius 2 is 2.36 bits per heavy atom. The van der Waals surface area contributed by atoms with Crippen molar-refractivity contribution in [3.05, 3.63) is 29.3 Å². The van der Waals surface area contributed by atoms with Crippen LogP contribution in [0.25, 0.3) is 0 Å². The van der Waals surface area contributed by atoms with Crippen molar-refractivity contribution >= 4 is 5.91 Å². The number of carbonyl (C=O) groups is 1. The molecule has 5 heteroatoms. The molecule has 5 nitrogen and oxygen atoms in total. The Kier molecular flexibility index (Phi) is 6.21. The summed E-state index contributed by atoms with van der Waals surface area (Å²) in [4.78, 5) is 12.1. The number of morpholine rings is 1. The van der Waals surface area contributed by atoms with Gasteiger partial charge in [0.2, 0.25) is 5.91 Å². The Morgan fingerprint density at radius 1 is 1.55 bits per heavy atom. The highest BCUT2D eigenvalue weighted by Gasteiger charge is 2.21. The zero-order chi connectivity index (χ0) is 15.9. The quantitative estimate of drug-likeness (QED) is 0.841. The van der Waals surface area contributed by atoms with Gasteiger partial charge < -0.3 is 20.1 Å². The highest BCUT2D eigenvalue weighted by atomic mass is 16.5. The first-order valence-corrected chi connectivity index (χ1v) is 7.95. The molecule has 2 rings (SSSR count). The molecule has 1 fully saturated rings. The summed E-state index contributed by atoms with van der Waals surface area (Å²) in [6.45, 7) is 8.44. The van der Waals surface area contributed by atoms with Crippen LogP contribution < -0.4 is 15.4 Å². The lowest BCUT2D eigenvalue weighted by atomic mass is 10.1. The molecule has 0 saturated carbocycles. The highest BCUT2D eigenvalue weighted by molar-refractivity contribution is 5.82. The molecule has 0 aliphatic carbocycles. The second-order valence-corrected chi connectivity index (χ2v) is 5.75. The van der Waals surface area contributed by atoms with E-state index in [4.69, 9.17) is 9.47 Å². The van der Waals surface area contributed by atoms with Crippen LogP contribution in [-0.2, 0) is 16.1 Å². The van der Waals surface area contributed by atoms with Gasteiger partial charge in [-0.2, -0.15) is 0 Å². The summed E-state index contributed by atoms with van der Waals surface area (Å²) in [5.41, 5.74) is 2.15. The van der Waals surface area contributed by atoms with Crippen LogP contribution in [0, 0.1) is 6.92 Å². The second kappa shape index (κ2) is 8.15. The van der Waals surface area contributed by atoms with Gasteiger partial charge in [-0.3, -0.25) is 4.79 Å². The number of amides is 1. The molecular formula is C17H26N2O3. The van der Waals surface area contributed by atoms with Gasteiger partial charge >= 0.3 is 0 Å². The van der Waals surface area contributed by atoms with Crippen molar-refractivity contribution in [2.75, 3.05) is 19.8 Å². The van der Waals surface area contributed by atoms with E-state index in [0.717, 1.165) is 23.3 Å². The molecule has 122 valence electrons. The summed E-state index contributed by atoms with van der Waals surface area (Å²) < 4.78 is 11.3. The molecular weight excluding hydrogens is 280 g/mol. The summed E-state index contributed by atoms with van der Waals surface area (Å²) in [7, 11) is 0. The van der Waals surface area contributed by atoms with E-state index < -0.39 is 0 Å². The predicted molar refractivity (Wildman–Crippen MR) is 86.0 cm³/mol. The molecule has 1 saturated heterocycles. The Labute approximate surface area is 132 Å². The van der Waals surface area contributed by atoms with Crippen molar-refractivity contribution < 1.29 is 14.3 Å². The minimum Gasteiger partial charge on any atom is -0.490 e. The van der Waals surface area contributed by atoms with Crippen LogP contribution in [0.4, 0.5) is 0 Å². The number of carbonyl (C=O) groups excluding carboxylic acids is 1. The summed E-state index contributed by atoms with van der Waals surface area (Å²) in [5, 5.41) is 6.11. The van der Waals surface area contributed by atoms with E-state index in [9.17, 15) is 4.79 Å². The van der Waals surface area contributed by atoms with Crippen molar-refractivity contribution in [2.24, 2.45) is 0 Å². The second-order valence-electron chi connectivity index (χ2n) is 5.75. The molecule has 1 aromatic rings. The SMILES string of the molecule is CCC(C)Oc1cc(C)ccc1CNC(=O)C1COCCN1. The van der Waals surface area contributed by atoms with Gasteiger partial charge in [0.15, 0.2) is 0 Å². The van der Waals surface area contributed by atoms with E-state index in [1.54, 1.807) is 0 Å². The van der Waals surface area contributed by atoms with Crippen LogP contribution in [0.5, 0.6) is 5.75 Å². The first-order valence-electron chi connectivity index (χ1n) is 7.95. The molecule has 1 amide bonds. The van der Waals surface area contributed by atoms with Crippen LogP contribution in [0.1, 0.15) is 31.4 Å². The number of nitrogens with one attached hydrogen (secondary N) is 2. The van der Waals surface area contributed by atoms with Crippen molar-refractivity contribution in [2.45, 2.75) is 45.9 Å². The molecule has 0 aromatic heterocycles. The summed E-state index contributed by atoms with van der Waals surface area (Å²) in [6, 6.07) is 5.80. The smallest absolute Gasteiger partial charge is 0.239 e. The Balaban J connectivity index is 1.97. The van der Waals surface area contributed by atoms with Crippen LogP contribution in [0.3, 0.4) is 0 Å². The topological polar surface area (TPSA) is 59.6 Å². The summed E-state index contributed by atoms with van der Waals surface area (Å²) in [5.74, 6) is 0.817. The molecule has 1 aromatic carbocycles. The first kappa shape index (κ1) is 16.8. The fourth-order valence-electron chi connectivity index (χ4n) is 2.26. The average molecular weight is 306 g/mol. The van der Waals surface area contributed by atoms with E-state index >= 15 is 0 Å². The molecule has 2 N–H and O–H groups in total. The third-order valence-electron chi connectivity index (χ3n) is 3.82. The molecule has 0 radical (unpaired) electrons. The van der Waals surface area contributed by atoms with E-state index in [1.165, 1.54) is 0 Å². The monoisotopic (exact) mass is 306 g/mol. The maximum Gasteiger partial charge on any atom is 0.239 e. The lowest BCUT2D eigenvalue weighted by Crippen LogP contribution is -2.51. The normalized spacial score (nSPS) is 19.5. The fourth-order valence-corrected chi connectivity index (χ4v) is 2.26. The molecule has 1 heterocycles. The maximum atomic E-state index is 12.1. The average Bonchev–Trinajstić information content (AvgIpc) is 2.54. The van der Waals surface area contributed by atoms with Gasteiger partial charge in [-0.25, -0.2) is 0 Å². The molecule has 0 spiro atoms. The molecule has 22 heavy (non-hydrogen) atoms. The largest absolute Gasteiger partial charge is 0.490 e. The zero-order valence-electron chi connectivity index (χ0n) is 13.6. The molecule has 2 atom stereocenters. The third kappa shape index (κ3) is 4.71. The maximum absolute atomic E-state index is 12.1. The van der Waals surface area contributed by atoms with Crippen molar-refractivity contribution in [1.29, 1.82) is 0 Å². The minimum atomic E-state index is -0.266. The van der Waals surface area contributed by atoms with Gasteiger partial charge in [0.05, 0.1) is 19.3 Å². The fraction of sp³-hybridized carbons (Fsp3) is 0.588. The summed E-state index contributed by atoms with van der Waals surface area (Å²) in [6.07, 6.45) is 1.10. The minimum absolute atomic E-state index is 0.0326. The van der Waals surface area contributed by atoms with Gasteiger partial charge in [0.25, 0.3) is 0 Å². The van der Waals surface area contributed by atoms with Crippen molar-refractivity contribution in [3.8, 4) is 5.75 Å². The van der Waals surface area contributed by atoms with Gasteiger partial charge in [-0.05, 0) is 31.9 Å². The van der Waals surface area contributed by atoms with Gasteiger partial charge in [-0.1, -0.05) is 19.1 Å². The van der Waals surface area contributed by atoms with E-state index in [0.29, 0.717) is 26.3 Å². The highest BCUT2D eigenvalue weighted by Crippen LogP contribution is 2.22. The van der Waals surface area contributed by atoms with Gasteiger partial charge in [0.1, 0.15) is 11.8 Å². The third-order valence-corrected chi connectivity index (χ3v) is 3.82. The Bertz CT molecular complexity index is 499. The summed E-state index contributed by atoms with van der Waals surface area (Å²) >= 11 is 0. The Morgan fingerprint density at radius 3 is 3.05 bits per heavy atom. The van der Waals surface area contributed by atoms with Crippen LogP contribution in [0.2, 0.25) is 0 Å². The molecule has 1 aliphatic rings.